The molecule has 2 aliphatic heterocycles. The van der Waals surface area contributed by atoms with Gasteiger partial charge in [0.25, 0.3) is 0 Å². The highest BCUT2D eigenvalue weighted by Gasteiger charge is 2.51. The van der Waals surface area contributed by atoms with Crippen molar-refractivity contribution in [1.29, 1.82) is 0 Å². The SMILES string of the molecule is CC.CC(=O)N1CCN(C2(C)CC(C)(C)N(C)C(C)(C)C2)CC1. The molecule has 2 rings (SSSR count). The summed E-state index contributed by atoms with van der Waals surface area (Å²) < 4.78 is 0. The molecule has 0 bridgehead atoms. The average Bonchev–Trinajstić information content (AvgIpc) is 2.46. The molecule has 0 aliphatic carbocycles. The Hall–Kier alpha value is -0.610. The van der Waals surface area contributed by atoms with E-state index in [9.17, 15) is 4.79 Å². The molecule has 0 spiro atoms. The highest BCUT2D eigenvalue weighted by molar-refractivity contribution is 5.73. The van der Waals surface area contributed by atoms with Gasteiger partial charge in [0, 0.05) is 49.7 Å². The van der Waals surface area contributed by atoms with Gasteiger partial charge in [-0.15, -0.1) is 0 Å². The van der Waals surface area contributed by atoms with Crippen LogP contribution in [0.5, 0.6) is 0 Å². The first-order chi connectivity index (χ1) is 10.5. The predicted octanol–water partition coefficient (Wildman–Crippen LogP) is 3.22. The van der Waals surface area contributed by atoms with Crippen LogP contribution in [0.15, 0.2) is 0 Å². The molecule has 23 heavy (non-hydrogen) atoms. The first-order valence-electron chi connectivity index (χ1n) is 9.22. The maximum absolute atomic E-state index is 11.5. The van der Waals surface area contributed by atoms with Crippen molar-refractivity contribution in [3.05, 3.63) is 0 Å². The molecule has 0 radical (unpaired) electrons. The van der Waals surface area contributed by atoms with E-state index in [1.807, 2.05) is 18.7 Å². The van der Waals surface area contributed by atoms with Crippen LogP contribution >= 0.6 is 0 Å². The van der Waals surface area contributed by atoms with Gasteiger partial charge in [0.2, 0.25) is 5.91 Å². The topological polar surface area (TPSA) is 26.8 Å². The highest BCUT2D eigenvalue weighted by Crippen LogP contribution is 2.45. The number of rotatable bonds is 1. The minimum atomic E-state index is 0.203. The maximum Gasteiger partial charge on any atom is 0.219 e. The number of piperidine rings is 1. The zero-order valence-corrected chi connectivity index (χ0v) is 17.0. The number of likely N-dealkylation sites (tertiary alicyclic amines) is 1. The smallest absolute Gasteiger partial charge is 0.219 e. The molecule has 0 aromatic heterocycles. The van der Waals surface area contributed by atoms with Gasteiger partial charge in [0.15, 0.2) is 0 Å². The van der Waals surface area contributed by atoms with Gasteiger partial charge in [-0.3, -0.25) is 14.6 Å². The summed E-state index contributed by atoms with van der Waals surface area (Å²) >= 11 is 0. The molecule has 2 saturated heterocycles. The van der Waals surface area contributed by atoms with Crippen molar-refractivity contribution >= 4 is 5.91 Å². The number of carbonyl (C=O) groups is 1. The Morgan fingerprint density at radius 2 is 1.22 bits per heavy atom. The van der Waals surface area contributed by atoms with Crippen LogP contribution in [0.3, 0.4) is 0 Å². The normalized spacial score (nSPS) is 27.1. The van der Waals surface area contributed by atoms with Crippen LogP contribution in [0, 0.1) is 0 Å². The number of carbonyl (C=O) groups excluding carboxylic acids is 1. The zero-order chi connectivity index (χ0) is 18.1. The second-order valence-electron chi connectivity index (χ2n) is 8.53. The van der Waals surface area contributed by atoms with Gasteiger partial charge in [0.05, 0.1) is 0 Å². The van der Waals surface area contributed by atoms with E-state index < -0.39 is 0 Å². The minimum absolute atomic E-state index is 0.203. The predicted molar refractivity (Wildman–Crippen MR) is 98.7 cm³/mol. The van der Waals surface area contributed by atoms with Crippen LogP contribution in [0.1, 0.15) is 68.2 Å². The molecule has 2 heterocycles. The highest BCUT2D eigenvalue weighted by atomic mass is 16.2. The van der Waals surface area contributed by atoms with Gasteiger partial charge in [-0.2, -0.15) is 0 Å². The molecule has 4 nitrogen and oxygen atoms in total. The summed E-state index contributed by atoms with van der Waals surface area (Å²) in [5.74, 6) is 0.212. The maximum atomic E-state index is 11.5. The summed E-state index contributed by atoms with van der Waals surface area (Å²) in [5.41, 5.74) is 0.630. The summed E-state index contributed by atoms with van der Waals surface area (Å²) in [7, 11) is 2.26. The number of hydrogen-bond acceptors (Lipinski definition) is 3. The number of piperazine rings is 1. The summed E-state index contributed by atoms with van der Waals surface area (Å²) in [6.07, 6.45) is 2.36. The Morgan fingerprint density at radius 1 is 0.826 bits per heavy atom. The first-order valence-corrected chi connectivity index (χ1v) is 9.22. The van der Waals surface area contributed by atoms with E-state index in [2.05, 4.69) is 51.5 Å². The van der Waals surface area contributed by atoms with Crippen molar-refractivity contribution in [2.24, 2.45) is 0 Å². The number of nitrogens with zero attached hydrogens (tertiary/aromatic N) is 3. The van der Waals surface area contributed by atoms with Crippen LogP contribution in [-0.4, -0.2) is 70.5 Å². The van der Waals surface area contributed by atoms with Gasteiger partial charge in [0.1, 0.15) is 0 Å². The van der Waals surface area contributed by atoms with Crippen LogP contribution < -0.4 is 0 Å². The molecule has 1 amide bonds. The molecule has 0 aromatic rings. The van der Waals surface area contributed by atoms with Crippen molar-refractivity contribution < 1.29 is 4.79 Å². The van der Waals surface area contributed by atoms with Gasteiger partial charge in [-0.1, -0.05) is 13.8 Å². The fourth-order valence-electron chi connectivity index (χ4n) is 4.77. The Morgan fingerprint density at radius 3 is 1.57 bits per heavy atom. The molecule has 2 aliphatic rings. The lowest BCUT2D eigenvalue weighted by Crippen LogP contribution is -2.69. The van der Waals surface area contributed by atoms with Crippen LogP contribution in [0.2, 0.25) is 0 Å². The Bertz CT molecular complexity index is 391. The third-order valence-electron chi connectivity index (χ3n) is 5.93. The Kier molecular flexibility index (Phi) is 6.31. The van der Waals surface area contributed by atoms with E-state index in [1.165, 1.54) is 12.8 Å². The van der Waals surface area contributed by atoms with Crippen LogP contribution in [0.4, 0.5) is 0 Å². The Balaban J connectivity index is 0.00000127. The lowest BCUT2D eigenvalue weighted by Gasteiger charge is -2.61. The standard InChI is InChI=1S/C17H33N3O.C2H6/c1-14(21)19-8-10-20(11-9-19)17(6)12-15(2,3)18(7)16(4,5)13-17;1-2/h8-13H2,1-7H3;1-2H3. The van der Waals surface area contributed by atoms with Crippen molar-refractivity contribution in [1.82, 2.24) is 14.7 Å². The second kappa shape index (κ2) is 7.10. The third-order valence-corrected chi connectivity index (χ3v) is 5.93. The molecule has 2 fully saturated rings. The molecule has 0 aromatic carbocycles. The number of amides is 1. The van der Waals surface area contributed by atoms with E-state index in [0.29, 0.717) is 0 Å². The molecule has 136 valence electrons. The van der Waals surface area contributed by atoms with Crippen molar-refractivity contribution in [2.75, 3.05) is 33.2 Å². The summed E-state index contributed by atoms with van der Waals surface area (Å²) in [6.45, 7) is 21.3. The molecule has 0 N–H and O–H groups in total. The zero-order valence-electron chi connectivity index (χ0n) is 17.0. The quantitative estimate of drug-likeness (QED) is 0.740. The molecule has 0 atom stereocenters. The van der Waals surface area contributed by atoms with Gasteiger partial charge < -0.3 is 4.90 Å². The summed E-state index contributed by atoms with van der Waals surface area (Å²) in [4.78, 5) is 18.7. The van der Waals surface area contributed by atoms with E-state index in [4.69, 9.17) is 0 Å². The minimum Gasteiger partial charge on any atom is -0.340 e. The second-order valence-corrected chi connectivity index (χ2v) is 8.53. The number of hydrogen-bond donors (Lipinski definition) is 0. The van der Waals surface area contributed by atoms with E-state index in [-0.39, 0.29) is 22.5 Å². The van der Waals surface area contributed by atoms with Gasteiger partial charge in [-0.25, -0.2) is 0 Å². The van der Waals surface area contributed by atoms with E-state index in [1.54, 1.807) is 6.92 Å². The average molecular weight is 326 g/mol. The van der Waals surface area contributed by atoms with Crippen molar-refractivity contribution in [3.63, 3.8) is 0 Å². The lowest BCUT2D eigenvalue weighted by atomic mass is 9.69. The van der Waals surface area contributed by atoms with Crippen LogP contribution in [0.25, 0.3) is 0 Å². The largest absolute Gasteiger partial charge is 0.340 e. The monoisotopic (exact) mass is 325 g/mol. The molecular formula is C19H39N3O. The molecule has 4 heteroatoms. The van der Waals surface area contributed by atoms with E-state index in [0.717, 1.165) is 26.2 Å². The molecule has 0 unspecified atom stereocenters. The third kappa shape index (κ3) is 4.27. The Labute approximate surface area is 144 Å². The lowest BCUT2D eigenvalue weighted by molar-refractivity contribution is -0.134. The van der Waals surface area contributed by atoms with Crippen LogP contribution in [-0.2, 0) is 4.79 Å². The molecule has 0 saturated carbocycles. The fourth-order valence-corrected chi connectivity index (χ4v) is 4.77. The summed E-state index contributed by atoms with van der Waals surface area (Å²) in [6, 6.07) is 0. The van der Waals surface area contributed by atoms with E-state index >= 15 is 0 Å². The van der Waals surface area contributed by atoms with Gasteiger partial charge >= 0.3 is 0 Å². The van der Waals surface area contributed by atoms with Crippen molar-refractivity contribution in [2.45, 2.75) is 84.8 Å². The fraction of sp³-hybridized carbons (Fsp3) is 0.947. The first kappa shape index (κ1) is 20.4. The van der Waals surface area contributed by atoms with Crippen molar-refractivity contribution in [3.8, 4) is 0 Å². The van der Waals surface area contributed by atoms with Gasteiger partial charge in [-0.05, 0) is 54.5 Å². The molecular weight excluding hydrogens is 286 g/mol. The summed E-state index contributed by atoms with van der Waals surface area (Å²) in [5, 5.41) is 0.